The van der Waals surface area contributed by atoms with Crippen LogP contribution in [0.1, 0.15) is 16.1 Å². The SMILES string of the molecule is O=C1NCCn2nc(-c3ccnc(-c4c(Cl)cccc4C(F)(F)F)n3)cc21. The number of alkyl halides is 3. The topological polar surface area (TPSA) is 72.7 Å². The van der Waals surface area contributed by atoms with E-state index in [-0.39, 0.29) is 22.3 Å². The summed E-state index contributed by atoms with van der Waals surface area (Å²) in [6.07, 6.45) is -3.27. The molecule has 1 N–H and O–H groups in total. The number of carbonyl (C=O) groups is 1. The number of rotatable bonds is 2. The van der Waals surface area contributed by atoms with E-state index in [9.17, 15) is 18.0 Å². The maximum Gasteiger partial charge on any atom is 0.417 e. The van der Waals surface area contributed by atoms with Crippen molar-refractivity contribution >= 4 is 17.5 Å². The molecule has 138 valence electrons. The molecule has 0 atom stereocenters. The molecule has 0 saturated carbocycles. The molecule has 0 spiro atoms. The average Bonchev–Trinajstić information content (AvgIpc) is 3.07. The predicted molar refractivity (Wildman–Crippen MR) is 91.0 cm³/mol. The number of hydrogen-bond donors (Lipinski definition) is 1. The van der Waals surface area contributed by atoms with Gasteiger partial charge in [0.15, 0.2) is 5.82 Å². The van der Waals surface area contributed by atoms with Gasteiger partial charge in [-0.3, -0.25) is 9.48 Å². The highest BCUT2D eigenvalue weighted by atomic mass is 35.5. The molecule has 3 heterocycles. The number of benzene rings is 1. The van der Waals surface area contributed by atoms with Crippen LogP contribution >= 0.6 is 11.6 Å². The molecule has 2 aromatic heterocycles. The zero-order valence-electron chi connectivity index (χ0n) is 13.6. The third kappa shape index (κ3) is 3.14. The van der Waals surface area contributed by atoms with E-state index in [0.29, 0.717) is 30.2 Å². The average molecular weight is 394 g/mol. The van der Waals surface area contributed by atoms with Crippen LogP contribution in [-0.2, 0) is 12.7 Å². The summed E-state index contributed by atoms with van der Waals surface area (Å²) in [5.74, 6) is -0.430. The molecule has 1 aliphatic heterocycles. The van der Waals surface area contributed by atoms with Gasteiger partial charge in [0.25, 0.3) is 5.91 Å². The van der Waals surface area contributed by atoms with Crippen LogP contribution in [0.2, 0.25) is 5.02 Å². The van der Waals surface area contributed by atoms with E-state index in [4.69, 9.17) is 11.6 Å². The molecule has 0 radical (unpaired) electrons. The summed E-state index contributed by atoms with van der Waals surface area (Å²) in [7, 11) is 0. The Bertz CT molecular complexity index is 1050. The molecule has 1 aliphatic rings. The van der Waals surface area contributed by atoms with Gasteiger partial charge in [-0.05, 0) is 24.3 Å². The summed E-state index contributed by atoms with van der Waals surface area (Å²) in [5.41, 5.74) is -0.190. The summed E-state index contributed by atoms with van der Waals surface area (Å²) in [5, 5.41) is 6.90. The van der Waals surface area contributed by atoms with E-state index < -0.39 is 11.7 Å². The monoisotopic (exact) mass is 393 g/mol. The number of halogens is 4. The molecule has 0 unspecified atom stereocenters. The largest absolute Gasteiger partial charge is 0.417 e. The number of aromatic nitrogens is 4. The van der Waals surface area contributed by atoms with Crippen molar-refractivity contribution < 1.29 is 18.0 Å². The maximum absolute atomic E-state index is 13.4. The number of amides is 1. The molecule has 27 heavy (non-hydrogen) atoms. The van der Waals surface area contributed by atoms with Crippen LogP contribution in [-0.4, -0.2) is 32.2 Å². The van der Waals surface area contributed by atoms with E-state index in [0.717, 1.165) is 6.07 Å². The highest BCUT2D eigenvalue weighted by Gasteiger charge is 2.35. The zero-order valence-corrected chi connectivity index (χ0v) is 14.3. The lowest BCUT2D eigenvalue weighted by molar-refractivity contribution is -0.137. The maximum atomic E-state index is 13.4. The third-order valence-corrected chi connectivity index (χ3v) is 4.40. The predicted octanol–water partition coefficient (Wildman–Crippen LogP) is 3.42. The van der Waals surface area contributed by atoms with Gasteiger partial charge in [-0.25, -0.2) is 9.97 Å². The van der Waals surface area contributed by atoms with Crippen LogP contribution in [0.3, 0.4) is 0 Å². The highest BCUT2D eigenvalue weighted by molar-refractivity contribution is 6.33. The summed E-state index contributed by atoms with van der Waals surface area (Å²) >= 11 is 6.02. The molecule has 4 rings (SSSR count). The summed E-state index contributed by atoms with van der Waals surface area (Å²) in [4.78, 5) is 20.0. The smallest absolute Gasteiger partial charge is 0.349 e. The van der Waals surface area contributed by atoms with Gasteiger partial charge in [0.1, 0.15) is 11.4 Å². The lowest BCUT2D eigenvalue weighted by atomic mass is 10.1. The molecular formula is C17H11ClF3N5O. The fourth-order valence-electron chi connectivity index (χ4n) is 2.87. The molecule has 1 aromatic carbocycles. The van der Waals surface area contributed by atoms with Gasteiger partial charge in [0.05, 0.1) is 28.4 Å². The Morgan fingerprint density at radius 3 is 2.74 bits per heavy atom. The van der Waals surface area contributed by atoms with Crippen molar-refractivity contribution in [2.75, 3.05) is 6.54 Å². The van der Waals surface area contributed by atoms with E-state index >= 15 is 0 Å². The van der Waals surface area contributed by atoms with E-state index in [1.165, 1.54) is 35.1 Å². The van der Waals surface area contributed by atoms with Crippen molar-refractivity contribution in [3.05, 3.63) is 52.8 Å². The first kappa shape index (κ1) is 17.5. The lowest BCUT2D eigenvalue weighted by Gasteiger charge is -2.13. The van der Waals surface area contributed by atoms with Crippen molar-refractivity contribution in [3.63, 3.8) is 0 Å². The first-order chi connectivity index (χ1) is 12.8. The molecule has 10 heteroatoms. The Kier molecular flexibility index (Phi) is 4.11. The van der Waals surface area contributed by atoms with Crippen LogP contribution in [0.15, 0.2) is 36.5 Å². The number of fused-ring (bicyclic) bond motifs is 1. The fourth-order valence-corrected chi connectivity index (χ4v) is 3.13. The summed E-state index contributed by atoms with van der Waals surface area (Å²) in [6.45, 7) is 0.957. The second-order valence-corrected chi connectivity index (χ2v) is 6.23. The minimum atomic E-state index is -4.61. The molecule has 0 fully saturated rings. The second-order valence-electron chi connectivity index (χ2n) is 5.82. The van der Waals surface area contributed by atoms with Crippen LogP contribution in [0, 0.1) is 0 Å². The molecular weight excluding hydrogens is 383 g/mol. The first-order valence-corrected chi connectivity index (χ1v) is 8.28. The molecule has 0 bridgehead atoms. The van der Waals surface area contributed by atoms with E-state index in [1.807, 2.05) is 0 Å². The zero-order chi connectivity index (χ0) is 19.2. The third-order valence-electron chi connectivity index (χ3n) is 4.08. The minimum absolute atomic E-state index is 0.106. The Morgan fingerprint density at radius 2 is 2.00 bits per heavy atom. The van der Waals surface area contributed by atoms with Crippen molar-refractivity contribution in [1.29, 1.82) is 0 Å². The molecule has 1 amide bonds. The van der Waals surface area contributed by atoms with Gasteiger partial charge >= 0.3 is 6.18 Å². The van der Waals surface area contributed by atoms with Gasteiger partial charge in [-0.1, -0.05) is 17.7 Å². The second kappa shape index (κ2) is 6.34. The van der Waals surface area contributed by atoms with Crippen molar-refractivity contribution in [2.45, 2.75) is 12.7 Å². The lowest BCUT2D eigenvalue weighted by Crippen LogP contribution is -2.35. The van der Waals surface area contributed by atoms with Crippen molar-refractivity contribution in [2.24, 2.45) is 0 Å². The van der Waals surface area contributed by atoms with Gasteiger partial charge in [0.2, 0.25) is 0 Å². The fraction of sp³-hybridized carbons (Fsp3) is 0.176. The Labute approximate surface area is 156 Å². The number of nitrogens with one attached hydrogen (secondary N) is 1. The normalized spacial score (nSPS) is 14.0. The van der Waals surface area contributed by atoms with Gasteiger partial charge in [-0.2, -0.15) is 18.3 Å². The molecule has 3 aromatic rings. The summed E-state index contributed by atoms with van der Waals surface area (Å²) in [6, 6.07) is 6.55. The first-order valence-electron chi connectivity index (χ1n) is 7.90. The van der Waals surface area contributed by atoms with Crippen LogP contribution in [0.4, 0.5) is 13.2 Å². The quantitative estimate of drug-likeness (QED) is 0.724. The Balaban J connectivity index is 1.83. The van der Waals surface area contributed by atoms with Crippen LogP contribution in [0.25, 0.3) is 22.8 Å². The van der Waals surface area contributed by atoms with Gasteiger partial charge in [-0.15, -0.1) is 0 Å². The number of nitrogens with zero attached hydrogens (tertiary/aromatic N) is 4. The van der Waals surface area contributed by atoms with Gasteiger partial charge < -0.3 is 5.32 Å². The standard InChI is InChI=1S/C17H11ClF3N5O/c18-10-3-1-2-9(17(19,20)21)14(10)15-22-5-4-11(24-15)12-8-13-16(27)23-6-7-26(13)25-12/h1-5,8H,6-7H2,(H,23,27). The minimum Gasteiger partial charge on any atom is -0.349 e. The Morgan fingerprint density at radius 1 is 1.19 bits per heavy atom. The molecule has 0 saturated heterocycles. The highest BCUT2D eigenvalue weighted by Crippen LogP contribution is 2.39. The number of hydrogen-bond acceptors (Lipinski definition) is 4. The van der Waals surface area contributed by atoms with E-state index in [2.05, 4.69) is 20.4 Å². The van der Waals surface area contributed by atoms with Crippen LogP contribution < -0.4 is 5.32 Å². The molecule has 6 nitrogen and oxygen atoms in total. The summed E-state index contributed by atoms with van der Waals surface area (Å²) < 4.78 is 41.6. The van der Waals surface area contributed by atoms with Crippen molar-refractivity contribution in [1.82, 2.24) is 25.1 Å². The van der Waals surface area contributed by atoms with Crippen LogP contribution in [0.5, 0.6) is 0 Å². The van der Waals surface area contributed by atoms with Crippen molar-refractivity contribution in [3.8, 4) is 22.8 Å². The van der Waals surface area contributed by atoms with Gasteiger partial charge in [0, 0.05) is 12.7 Å². The Hall–Kier alpha value is -2.94. The van der Waals surface area contributed by atoms with E-state index in [1.54, 1.807) is 0 Å². The molecule has 0 aliphatic carbocycles. The number of carbonyl (C=O) groups excluding carboxylic acids is 1.